The number of nitrogens with zero attached hydrogens (tertiary/aromatic N) is 2. The first kappa shape index (κ1) is 19.1. The predicted octanol–water partition coefficient (Wildman–Crippen LogP) is 4.14. The summed E-state index contributed by atoms with van der Waals surface area (Å²) in [5.74, 6) is 1.78. The second kappa shape index (κ2) is 9.32. The Kier molecular flexibility index (Phi) is 6.59. The molecule has 6 nitrogen and oxygen atoms in total. The third-order valence-corrected chi connectivity index (χ3v) is 4.75. The van der Waals surface area contributed by atoms with Crippen LogP contribution in [0.25, 0.3) is 11.5 Å². The van der Waals surface area contributed by atoms with Gasteiger partial charge in [0.2, 0.25) is 17.7 Å². The molecule has 3 rings (SSSR count). The zero-order valence-electron chi connectivity index (χ0n) is 15.5. The van der Waals surface area contributed by atoms with E-state index in [-0.39, 0.29) is 5.91 Å². The summed E-state index contributed by atoms with van der Waals surface area (Å²) in [6.45, 7) is 5.29. The van der Waals surface area contributed by atoms with Crippen molar-refractivity contribution in [2.45, 2.75) is 39.7 Å². The smallest absolute Gasteiger partial charge is 0.248 e. The van der Waals surface area contributed by atoms with E-state index in [1.165, 1.54) is 0 Å². The average molecular weight is 385 g/mol. The Morgan fingerprint density at radius 1 is 1.30 bits per heavy atom. The Morgan fingerprint density at radius 3 is 2.93 bits per heavy atom. The van der Waals surface area contributed by atoms with Gasteiger partial charge in [-0.3, -0.25) is 4.79 Å². The van der Waals surface area contributed by atoms with Gasteiger partial charge in [0.15, 0.2) is 0 Å². The maximum atomic E-state index is 12.1. The van der Waals surface area contributed by atoms with E-state index in [1.54, 1.807) is 11.3 Å². The van der Waals surface area contributed by atoms with Gasteiger partial charge in [-0.25, -0.2) is 0 Å². The van der Waals surface area contributed by atoms with Crippen LogP contribution in [-0.4, -0.2) is 22.7 Å². The summed E-state index contributed by atoms with van der Waals surface area (Å²) in [4.78, 5) is 12.1. The molecule has 0 saturated carbocycles. The second-order valence-electron chi connectivity index (χ2n) is 6.23. The Bertz CT molecular complexity index is 874. The zero-order chi connectivity index (χ0) is 19.1. The number of hydrogen-bond donors (Lipinski definition) is 1. The Labute approximate surface area is 162 Å². The minimum Gasteiger partial charge on any atom is -0.494 e. The van der Waals surface area contributed by atoms with Crippen LogP contribution >= 0.6 is 11.3 Å². The average Bonchev–Trinajstić information content (AvgIpc) is 3.35. The molecule has 27 heavy (non-hydrogen) atoms. The van der Waals surface area contributed by atoms with Crippen LogP contribution in [0.3, 0.4) is 0 Å². The number of carbonyl (C=O) groups excluding carboxylic acids is 1. The predicted molar refractivity (Wildman–Crippen MR) is 105 cm³/mol. The van der Waals surface area contributed by atoms with E-state index in [9.17, 15) is 4.79 Å². The number of aromatic nitrogens is 2. The molecule has 142 valence electrons. The number of ether oxygens (including phenoxy) is 1. The lowest BCUT2D eigenvalue weighted by atomic mass is 10.1. The molecule has 1 N–H and O–H groups in total. The molecule has 0 fully saturated rings. The molecule has 3 aromatic rings. The fourth-order valence-electron chi connectivity index (χ4n) is 2.54. The van der Waals surface area contributed by atoms with E-state index >= 15 is 0 Å². The standard InChI is InChI=1S/C20H23N3O3S/c1-3-9-25-17-5-4-15(14(2)11-17)12-21-18(24)6-7-19-22-23-20(26-19)16-8-10-27-13-16/h4-5,8,10-11,13H,3,6-7,9,12H2,1-2H3,(H,21,24). The van der Waals surface area contributed by atoms with Gasteiger partial charge in [-0.1, -0.05) is 13.0 Å². The number of aryl methyl sites for hydroxylation is 2. The number of carbonyl (C=O) groups is 1. The van der Waals surface area contributed by atoms with Gasteiger partial charge in [0.1, 0.15) is 5.75 Å². The van der Waals surface area contributed by atoms with Gasteiger partial charge < -0.3 is 14.5 Å². The van der Waals surface area contributed by atoms with Gasteiger partial charge >= 0.3 is 0 Å². The van der Waals surface area contributed by atoms with E-state index in [2.05, 4.69) is 22.4 Å². The molecule has 2 aromatic heterocycles. The number of nitrogens with one attached hydrogen (secondary N) is 1. The van der Waals surface area contributed by atoms with Crippen LogP contribution < -0.4 is 10.1 Å². The quantitative estimate of drug-likeness (QED) is 0.599. The third kappa shape index (κ3) is 5.40. The van der Waals surface area contributed by atoms with Crippen LogP contribution in [0.4, 0.5) is 0 Å². The van der Waals surface area contributed by atoms with Gasteiger partial charge in [0.05, 0.1) is 6.61 Å². The third-order valence-electron chi connectivity index (χ3n) is 4.06. The fourth-order valence-corrected chi connectivity index (χ4v) is 3.17. The maximum Gasteiger partial charge on any atom is 0.248 e. The van der Waals surface area contributed by atoms with E-state index in [4.69, 9.17) is 9.15 Å². The first-order valence-electron chi connectivity index (χ1n) is 8.99. The summed E-state index contributed by atoms with van der Waals surface area (Å²) in [6.07, 6.45) is 1.71. The van der Waals surface area contributed by atoms with Crippen molar-refractivity contribution in [1.29, 1.82) is 0 Å². The molecule has 0 saturated heterocycles. The molecule has 0 spiro atoms. The molecule has 0 unspecified atom stereocenters. The Morgan fingerprint density at radius 2 is 2.19 bits per heavy atom. The number of benzene rings is 1. The molecule has 7 heteroatoms. The molecule has 2 heterocycles. The molecule has 0 atom stereocenters. The van der Waals surface area contributed by atoms with Crippen molar-refractivity contribution in [2.24, 2.45) is 0 Å². The fraction of sp³-hybridized carbons (Fsp3) is 0.350. The van der Waals surface area contributed by atoms with E-state index < -0.39 is 0 Å². The lowest BCUT2D eigenvalue weighted by Crippen LogP contribution is -2.23. The summed E-state index contributed by atoms with van der Waals surface area (Å²) in [5.41, 5.74) is 3.08. The summed E-state index contributed by atoms with van der Waals surface area (Å²) in [5, 5.41) is 14.9. The lowest BCUT2D eigenvalue weighted by molar-refractivity contribution is -0.121. The van der Waals surface area contributed by atoms with Gasteiger partial charge in [-0.2, -0.15) is 11.3 Å². The van der Waals surface area contributed by atoms with Crippen molar-refractivity contribution in [3.63, 3.8) is 0 Å². The molecule has 0 aliphatic heterocycles. The van der Waals surface area contributed by atoms with Gasteiger partial charge in [0, 0.05) is 30.3 Å². The summed E-state index contributed by atoms with van der Waals surface area (Å²) in [7, 11) is 0. The first-order chi connectivity index (χ1) is 13.2. The number of amides is 1. The minimum absolute atomic E-state index is 0.0454. The highest BCUT2D eigenvalue weighted by atomic mass is 32.1. The van der Waals surface area contributed by atoms with Crippen molar-refractivity contribution in [3.8, 4) is 17.2 Å². The van der Waals surface area contributed by atoms with Crippen molar-refractivity contribution in [3.05, 3.63) is 52.0 Å². The highest BCUT2D eigenvalue weighted by Gasteiger charge is 2.11. The van der Waals surface area contributed by atoms with E-state index in [0.717, 1.165) is 28.9 Å². The molecule has 0 radical (unpaired) electrons. The van der Waals surface area contributed by atoms with Gasteiger partial charge in [-0.15, -0.1) is 10.2 Å². The highest BCUT2D eigenvalue weighted by Crippen LogP contribution is 2.21. The lowest BCUT2D eigenvalue weighted by Gasteiger charge is -2.10. The van der Waals surface area contributed by atoms with Crippen LogP contribution in [0.15, 0.2) is 39.4 Å². The number of rotatable bonds is 9. The minimum atomic E-state index is -0.0454. The van der Waals surface area contributed by atoms with E-state index in [1.807, 2.05) is 41.9 Å². The zero-order valence-corrected chi connectivity index (χ0v) is 16.3. The molecule has 0 aliphatic rings. The molecule has 0 aliphatic carbocycles. The Hall–Kier alpha value is -2.67. The molecule has 0 bridgehead atoms. The SMILES string of the molecule is CCCOc1ccc(CNC(=O)CCc2nnc(-c3ccsc3)o2)c(C)c1. The number of hydrogen-bond acceptors (Lipinski definition) is 6. The van der Waals surface area contributed by atoms with Crippen molar-refractivity contribution >= 4 is 17.2 Å². The highest BCUT2D eigenvalue weighted by molar-refractivity contribution is 7.08. The van der Waals surface area contributed by atoms with Crippen LogP contribution in [0.5, 0.6) is 5.75 Å². The second-order valence-corrected chi connectivity index (χ2v) is 7.01. The summed E-state index contributed by atoms with van der Waals surface area (Å²) in [6, 6.07) is 7.86. The van der Waals surface area contributed by atoms with Gasteiger partial charge in [0.25, 0.3) is 0 Å². The van der Waals surface area contributed by atoms with E-state index in [0.29, 0.717) is 37.8 Å². The topological polar surface area (TPSA) is 77.2 Å². The Balaban J connectivity index is 1.46. The molecular weight excluding hydrogens is 362 g/mol. The summed E-state index contributed by atoms with van der Waals surface area (Å²) < 4.78 is 11.2. The maximum absolute atomic E-state index is 12.1. The van der Waals surface area contributed by atoms with Crippen LogP contribution in [-0.2, 0) is 17.8 Å². The number of thiophene rings is 1. The molecule has 1 aromatic carbocycles. The largest absolute Gasteiger partial charge is 0.494 e. The summed E-state index contributed by atoms with van der Waals surface area (Å²) >= 11 is 1.57. The normalized spacial score (nSPS) is 10.7. The van der Waals surface area contributed by atoms with Crippen molar-refractivity contribution in [2.75, 3.05) is 6.61 Å². The monoisotopic (exact) mass is 385 g/mol. The molecular formula is C20H23N3O3S. The van der Waals surface area contributed by atoms with Crippen molar-refractivity contribution in [1.82, 2.24) is 15.5 Å². The van der Waals surface area contributed by atoms with Gasteiger partial charge in [-0.05, 0) is 48.1 Å². The van der Waals surface area contributed by atoms with Crippen LogP contribution in [0.1, 0.15) is 36.8 Å². The molecule has 1 amide bonds. The van der Waals surface area contributed by atoms with Crippen LogP contribution in [0, 0.1) is 6.92 Å². The van der Waals surface area contributed by atoms with Crippen molar-refractivity contribution < 1.29 is 13.9 Å². The first-order valence-corrected chi connectivity index (χ1v) is 9.94. The van der Waals surface area contributed by atoms with Crippen LogP contribution in [0.2, 0.25) is 0 Å².